The van der Waals surface area contributed by atoms with Gasteiger partial charge in [-0.3, -0.25) is 4.99 Å². The van der Waals surface area contributed by atoms with Gasteiger partial charge in [-0.05, 0) is 30.4 Å². The molecule has 0 fully saturated rings. The molecule has 2 rings (SSSR count). The molecule has 0 saturated heterocycles. The summed E-state index contributed by atoms with van der Waals surface area (Å²) in [6.07, 6.45) is 3.10. The second-order valence-electron chi connectivity index (χ2n) is 5.89. The summed E-state index contributed by atoms with van der Waals surface area (Å²) in [4.78, 5) is 4.25. The van der Waals surface area contributed by atoms with Gasteiger partial charge in [0.2, 0.25) is 0 Å². The third-order valence-corrected chi connectivity index (χ3v) is 3.91. The van der Waals surface area contributed by atoms with Gasteiger partial charge >= 0.3 is 0 Å². The fourth-order valence-corrected chi connectivity index (χ4v) is 2.47. The van der Waals surface area contributed by atoms with E-state index in [0.717, 1.165) is 51.5 Å². The molecule has 2 N–H and O–H groups in total. The lowest BCUT2D eigenvalue weighted by Gasteiger charge is -2.12. The lowest BCUT2D eigenvalue weighted by atomic mass is 10.2. The maximum atomic E-state index is 5.70. The van der Waals surface area contributed by atoms with E-state index in [1.165, 1.54) is 11.1 Å². The number of nitrogens with zero attached hydrogens (tertiary/aromatic N) is 1. The monoisotopic (exact) mass is 339 g/mol. The molecule has 4 nitrogen and oxygen atoms in total. The number of unbranched alkanes of at least 4 members (excludes halogenated alkanes) is 1. The molecule has 0 unspecified atom stereocenters. The van der Waals surface area contributed by atoms with Crippen molar-refractivity contribution in [1.82, 2.24) is 10.6 Å². The highest BCUT2D eigenvalue weighted by atomic mass is 16.5. The number of benzene rings is 2. The summed E-state index contributed by atoms with van der Waals surface area (Å²) in [7, 11) is 1.80. The summed E-state index contributed by atoms with van der Waals surface area (Å²) in [5, 5.41) is 6.66. The first kappa shape index (κ1) is 19.0. The molecule has 0 aliphatic heterocycles. The Bertz CT molecular complexity index is 599. The number of aliphatic imine (C=N–C) groups is 1. The summed E-state index contributed by atoms with van der Waals surface area (Å²) in [6.45, 7) is 3.28. The van der Waals surface area contributed by atoms with Gasteiger partial charge in [0.1, 0.15) is 0 Å². The zero-order valence-electron chi connectivity index (χ0n) is 15.1. The van der Waals surface area contributed by atoms with Gasteiger partial charge in [-0.15, -0.1) is 0 Å². The van der Waals surface area contributed by atoms with Crippen molar-refractivity contribution in [3.05, 3.63) is 71.8 Å². The van der Waals surface area contributed by atoms with Crippen molar-refractivity contribution >= 4 is 5.96 Å². The topological polar surface area (TPSA) is 45.7 Å². The average Bonchev–Trinajstić information content (AvgIpc) is 2.68. The van der Waals surface area contributed by atoms with Gasteiger partial charge < -0.3 is 15.4 Å². The standard InChI is InChI=1S/C21H29N3O/c1-22-21(24-18-20-12-6-3-7-13-20)23-15-8-9-16-25-17-14-19-10-4-2-5-11-19/h2-7,10-13H,8-9,14-18H2,1H3,(H2,22,23,24). The molecule has 0 heterocycles. The molecular weight excluding hydrogens is 310 g/mol. The van der Waals surface area contributed by atoms with Gasteiger partial charge in [-0.25, -0.2) is 0 Å². The molecule has 0 spiro atoms. The highest BCUT2D eigenvalue weighted by Crippen LogP contribution is 2.00. The fourth-order valence-electron chi connectivity index (χ4n) is 2.47. The number of ether oxygens (including phenoxy) is 1. The predicted octanol–water partition coefficient (Wildman–Crippen LogP) is 3.39. The van der Waals surface area contributed by atoms with E-state index in [9.17, 15) is 0 Å². The SMILES string of the molecule is CN=C(NCCCCOCCc1ccccc1)NCc1ccccc1. The molecular formula is C21H29N3O. The van der Waals surface area contributed by atoms with Crippen LogP contribution in [0.2, 0.25) is 0 Å². The minimum atomic E-state index is 0.781. The molecule has 0 saturated carbocycles. The van der Waals surface area contributed by atoms with Gasteiger partial charge in [0.15, 0.2) is 5.96 Å². The van der Waals surface area contributed by atoms with Crippen molar-refractivity contribution in [2.45, 2.75) is 25.8 Å². The van der Waals surface area contributed by atoms with E-state index >= 15 is 0 Å². The Kier molecular flexibility index (Phi) is 9.19. The lowest BCUT2D eigenvalue weighted by Crippen LogP contribution is -2.37. The Balaban J connectivity index is 1.47. The van der Waals surface area contributed by atoms with Crippen molar-refractivity contribution in [1.29, 1.82) is 0 Å². The smallest absolute Gasteiger partial charge is 0.191 e. The van der Waals surface area contributed by atoms with Crippen LogP contribution in [0.1, 0.15) is 24.0 Å². The first-order chi connectivity index (χ1) is 12.4. The summed E-state index contributed by atoms with van der Waals surface area (Å²) in [6, 6.07) is 20.8. The van der Waals surface area contributed by atoms with E-state index in [2.05, 4.69) is 52.0 Å². The number of rotatable bonds is 10. The minimum absolute atomic E-state index is 0.781. The molecule has 0 radical (unpaired) electrons. The van der Waals surface area contributed by atoms with Crippen molar-refractivity contribution in [2.24, 2.45) is 4.99 Å². The van der Waals surface area contributed by atoms with E-state index < -0.39 is 0 Å². The van der Waals surface area contributed by atoms with Crippen LogP contribution in [0.5, 0.6) is 0 Å². The molecule has 2 aromatic rings. The highest BCUT2D eigenvalue weighted by molar-refractivity contribution is 5.79. The van der Waals surface area contributed by atoms with Crippen LogP contribution in [0.15, 0.2) is 65.7 Å². The quantitative estimate of drug-likeness (QED) is 0.396. The first-order valence-electron chi connectivity index (χ1n) is 8.98. The van der Waals surface area contributed by atoms with Crippen molar-refractivity contribution in [3.8, 4) is 0 Å². The Morgan fingerprint density at radius 3 is 2.20 bits per heavy atom. The summed E-state index contributed by atoms with van der Waals surface area (Å²) >= 11 is 0. The van der Waals surface area contributed by atoms with Crippen LogP contribution >= 0.6 is 0 Å². The van der Waals surface area contributed by atoms with Crippen LogP contribution in [0.4, 0.5) is 0 Å². The number of hydrogen-bond donors (Lipinski definition) is 2. The predicted molar refractivity (Wildman–Crippen MR) is 105 cm³/mol. The molecule has 0 bridgehead atoms. The molecule has 0 atom stereocenters. The summed E-state index contributed by atoms with van der Waals surface area (Å²) < 4.78 is 5.70. The van der Waals surface area contributed by atoms with E-state index in [0.29, 0.717) is 0 Å². The van der Waals surface area contributed by atoms with Gasteiger partial charge in [-0.1, -0.05) is 60.7 Å². The average molecular weight is 339 g/mol. The van der Waals surface area contributed by atoms with Crippen molar-refractivity contribution in [3.63, 3.8) is 0 Å². The van der Waals surface area contributed by atoms with Crippen LogP contribution in [0, 0.1) is 0 Å². The van der Waals surface area contributed by atoms with Gasteiger partial charge in [-0.2, -0.15) is 0 Å². The second kappa shape index (κ2) is 12.1. The third kappa shape index (κ3) is 8.36. The van der Waals surface area contributed by atoms with E-state index in [1.807, 2.05) is 24.3 Å². The van der Waals surface area contributed by atoms with Crippen LogP contribution in [-0.2, 0) is 17.7 Å². The molecule has 25 heavy (non-hydrogen) atoms. The molecule has 0 amide bonds. The first-order valence-corrected chi connectivity index (χ1v) is 8.98. The maximum absolute atomic E-state index is 5.70. The maximum Gasteiger partial charge on any atom is 0.191 e. The van der Waals surface area contributed by atoms with Crippen molar-refractivity contribution in [2.75, 3.05) is 26.8 Å². The Labute approximate surface area is 151 Å². The van der Waals surface area contributed by atoms with Gasteiger partial charge in [0.05, 0.1) is 6.61 Å². The zero-order chi connectivity index (χ0) is 17.6. The highest BCUT2D eigenvalue weighted by Gasteiger charge is 1.98. The van der Waals surface area contributed by atoms with Crippen molar-refractivity contribution < 1.29 is 4.74 Å². The van der Waals surface area contributed by atoms with Gasteiger partial charge in [0, 0.05) is 26.7 Å². The molecule has 0 aromatic heterocycles. The fraction of sp³-hybridized carbons (Fsp3) is 0.381. The second-order valence-corrected chi connectivity index (χ2v) is 5.89. The summed E-state index contributed by atoms with van der Waals surface area (Å²) in [5.41, 5.74) is 2.58. The van der Waals surface area contributed by atoms with Crippen LogP contribution in [0.25, 0.3) is 0 Å². The molecule has 2 aromatic carbocycles. The van der Waals surface area contributed by atoms with Crippen LogP contribution in [0.3, 0.4) is 0 Å². The zero-order valence-corrected chi connectivity index (χ0v) is 15.1. The minimum Gasteiger partial charge on any atom is -0.381 e. The van der Waals surface area contributed by atoms with E-state index in [-0.39, 0.29) is 0 Å². The van der Waals surface area contributed by atoms with E-state index in [1.54, 1.807) is 7.05 Å². The number of guanidine groups is 1. The van der Waals surface area contributed by atoms with Crippen LogP contribution in [-0.4, -0.2) is 32.8 Å². The molecule has 0 aliphatic carbocycles. The Morgan fingerprint density at radius 1 is 0.840 bits per heavy atom. The lowest BCUT2D eigenvalue weighted by molar-refractivity contribution is 0.133. The number of hydrogen-bond acceptors (Lipinski definition) is 2. The largest absolute Gasteiger partial charge is 0.381 e. The Morgan fingerprint density at radius 2 is 1.52 bits per heavy atom. The number of nitrogens with one attached hydrogen (secondary N) is 2. The molecule has 4 heteroatoms. The van der Waals surface area contributed by atoms with E-state index in [4.69, 9.17) is 4.74 Å². The Hall–Kier alpha value is -2.33. The normalized spacial score (nSPS) is 11.3. The molecule has 134 valence electrons. The third-order valence-electron chi connectivity index (χ3n) is 3.91. The summed E-state index contributed by atoms with van der Waals surface area (Å²) in [5.74, 6) is 0.842. The molecule has 0 aliphatic rings. The van der Waals surface area contributed by atoms with Gasteiger partial charge in [0.25, 0.3) is 0 Å². The van der Waals surface area contributed by atoms with Crippen LogP contribution < -0.4 is 10.6 Å².